The molecule has 2 rings (SSSR count). The highest BCUT2D eigenvalue weighted by molar-refractivity contribution is 5.30. The Morgan fingerprint density at radius 3 is 2.41 bits per heavy atom. The summed E-state index contributed by atoms with van der Waals surface area (Å²) in [5.74, 6) is 0.557. The van der Waals surface area contributed by atoms with E-state index in [-0.39, 0.29) is 0 Å². The molecular weight excluding hydrogens is 204 g/mol. The molecule has 0 heterocycles. The average molecular weight is 223 g/mol. The molecule has 0 unspecified atom stereocenters. The van der Waals surface area contributed by atoms with E-state index in [4.69, 9.17) is 0 Å². The van der Waals surface area contributed by atoms with E-state index >= 15 is 0 Å². The highest BCUT2D eigenvalue weighted by Crippen LogP contribution is 2.20. The summed E-state index contributed by atoms with van der Waals surface area (Å²) in [4.78, 5) is 0. The molecule has 0 atom stereocenters. The van der Waals surface area contributed by atoms with Crippen molar-refractivity contribution in [3.63, 3.8) is 0 Å². The van der Waals surface area contributed by atoms with Crippen molar-refractivity contribution in [2.45, 2.75) is 32.6 Å². The van der Waals surface area contributed by atoms with Crippen molar-refractivity contribution in [3.05, 3.63) is 71.3 Å². The minimum Gasteiger partial charge on any atom is -0.0622 e. The van der Waals surface area contributed by atoms with E-state index in [1.807, 2.05) is 6.07 Å². The van der Waals surface area contributed by atoms with Crippen molar-refractivity contribution >= 4 is 0 Å². The van der Waals surface area contributed by atoms with E-state index in [0.717, 1.165) is 12.8 Å². The summed E-state index contributed by atoms with van der Waals surface area (Å²) in [6, 6.07) is 20.4. The molecule has 2 aromatic carbocycles. The van der Waals surface area contributed by atoms with Crippen LogP contribution in [-0.2, 0) is 12.8 Å². The molecule has 0 aromatic heterocycles. The van der Waals surface area contributed by atoms with E-state index in [9.17, 15) is 0 Å². The molecule has 0 N–H and O–H groups in total. The highest BCUT2D eigenvalue weighted by atomic mass is 14.1. The van der Waals surface area contributed by atoms with Gasteiger partial charge in [0.1, 0.15) is 0 Å². The fraction of sp³-hybridized carbons (Fsp3) is 0.294. The quantitative estimate of drug-likeness (QED) is 0.721. The molecule has 2 aromatic rings. The molecule has 17 heavy (non-hydrogen) atoms. The lowest BCUT2D eigenvalue weighted by Crippen LogP contribution is -1.98. The molecule has 0 fully saturated rings. The van der Waals surface area contributed by atoms with E-state index < -0.39 is 0 Å². The normalized spacial score (nSPS) is 10.8. The van der Waals surface area contributed by atoms with Crippen LogP contribution in [0.15, 0.2) is 48.5 Å². The monoisotopic (exact) mass is 223 g/mol. The third-order valence-electron chi connectivity index (χ3n) is 3.08. The molecule has 0 amide bonds. The standard InChI is InChI=1S/C17H19/c1-14(2)17-11-7-6-10-16(17)13-12-15-8-4-3-5-9-15/h3-10,14H,12-13H2,1-2H3. The minimum atomic E-state index is 0.557. The van der Waals surface area contributed by atoms with Crippen LogP contribution in [-0.4, -0.2) is 0 Å². The van der Waals surface area contributed by atoms with Gasteiger partial charge >= 0.3 is 0 Å². The van der Waals surface area contributed by atoms with Gasteiger partial charge in [0.15, 0.2) is 0 Å². The molecule has 0 aliphatic heterocycles. The number of hydrogen-bond donors (Lipinski definition) is 0. The van der Waals surface area contributed by atoms with Gasteiger partial charge in [-0.3, -0.25) is 0 Å². The Hall–Kier alpha value is -1.56. The van der Waals surface area contributed by atoms with Crippen molar-refractivity contribution in [1.29, 1.82) is 0 Å². The van der Waals surface area contributed by atoms with Gasteiger partial charge in [0.05, 0.1) is 0 Å². The van der Waals surface area contributed by atoms with Crippen molar-refractivity contribution in [2.75, 3.05) is 0 Å². The molecule has 0 aliphatic carbocycles. The second-order valence-electron chi connectivity index (χ2n) is 4.75. The molecule has 0 heteroatoms. The first-order valence-corrected chi connectivity index (χ1v) is 6.31. The highest BCUT2D eigenvalue weighted by Gasteiger charge is 2.05. The smallest absolute Gasteiger partial charge is 0.0144 e. The predicted molar refractivity (Wildman–Crippen MR) is 73.2 cm³/mol. The summed E-state index contributed by atoms with van der Waals surface area (Å²) in [6.45, 7) is 4.47. The summed E-state index contributed by atoms with van der Waals surface area (Å²) in [5, 5.41) is 0. The molecule has 0 aliphatic rings. The molecule has 0 saturated carbocycles. The van der Waals surface area contributed by atoms with E-state index in [0.29, 0.717) is 5.92 Å². The van der Waals surface area contributed by atoms with Crippen LogP contribution in [0, 0.1) is 6.07 Å². The van der Waals surface area contributed by atoms with Crippen LogP contribution in [0.3, 0.4) is 0 Å². The van der Waals surface area contributed by atoms with Crippen LogP contribution in [0.1, 0.15) is 36.5 Å². The second-order valence-corrected chi connectivity index (χ2v) is 4.75. The van der Waals surface area contributed by atoms with Gasteiger partial charge < -0.3 is 0 Å². The van der Waals surface area contributed by atoms with Crippen LogP contribution in [0.5, 0.6) is 0 Å². The SMILES string of the molecule is CC(C)c1[c]cccc1CCc1ccccc1. The Kier molecular flexibility index (Phi) is 3.98. The first kappa shape index (κ1) is 11.9. The van der Waals surface area contributed by atoms with Crippen molar-refractivity contribution < 1.29 is 0 Å². The summed E-state index contributed by atoms with van der Waals surface area (Å²) in [6.07, 6.45) is 2.22. The Labute approximate surface area is 104 Å². The lowest BCUT2D eigenvalue weighted by atomic mass is 9.93. The number of hydrogen-bond acceptors (Lipinski definition) is 0. The Bertz CT molecular complexity index is 454. The van der Waals surface area contributed by atoms with E-state index in [1.54, 1.807) is 0 Å². The molecular formula is C17H19. The predicted octanol–water partition coefficient (Wildman–Crippen LogP) is 4.40. The molecule has 0 spiro atoms. The fourth-order valence-corrected chi connectivity index (χ4v) is 2.16. The van der Waals surface area contributed by atoms with Crippen LogP contribution >= 0.6 is 0 Å². The van der Waals surface area contributed by atoms with E-state index in [2.05, 4.69) is 62.4 Å². The van der Waals surface area contributed by atoms with Crippen molar-refractivity contribution in [2.24, 2.45) is 0 Å². The maximum atomic E-state index is 3.37. The number of aryl methyl sites for hydroxylation is 2. The van der Waals surface area contributed by atoms with Crippen LogP contribution in [0.2, 0.25) is 0 Å². The molecule has 87 valence electrons. The summed E-state index contributed by atoms with van der Waals surface area (Å²) >= 11 is 0. The van der Waals surface area contributed by atoms with Gasteiger partial charge in [-0.2, -0.15) is 0 Å². The maximum absolute atomic E-state index is 3.37. The number of benzene rings is 2. The van der Waals surface area contributed by atoms with Crippen molar-refractivity contribution in [1.82, 2.24) is 0 Å². The lowest BCUT2D eigenvalue weighted by Gasteiger charge is -2.11. The average Bonchev–Trinajstić information content (AvgIpc) is 2.38. The zero-order valence-electron chi connectivity index (χ0n) is 10.6. The van der Waals surface area contributed by atoms with Gasteiger partial charge in [-0.05, 0) is 41.5 Å². The Morgan fingerprint density at radius 1 is 0.941 bits per heavy atom. The van der Waals surface area contributed by atoms with Crippen molar-refractivity contribution in [3.8, 4) is 0 Å². The van der Waals surface area contributed by atoms with Crippen LogP contribution in [0.4, 0.5) is 0 Å². The van der Waals surface area contributed by atoms with Gasteiger partial charge in [-0.25, -0.2) is 0 Å². The molecule has 1 radical (unpaired) electrons. The maximum Gasteiger partial charge on any atom is -0.0144 e. The van der Waals surface area contributed by atoms with Crippen LogP contribution < -0.4 is 0 Å². The Morgan fingerprint density at radius 2 is 1.71 bits per heavy atom. The minimum absolute atomic E-state index is 0.557. The molecule has 0 bridgehead atoms. The number of rotatable bonds is 4. The van der Waals surface area contributed by atoms with Gasteiger partial charge in [0.25, 0.3) is 0 Å². The summed E-state index contributed by atoms with van der Waals surface area (Å²) in [5.41, 5.74) is 4.21. The first-order chi connectivity index (χ1) is 8.27. The zero-order valence-corrected chi connectivity index (χ0v) is 10.6. The Balaban J connectivity index is 2.09. The van der Waals surface area contributed by atoms with Crippen LogP contribution in [0.25, 0.3) is 0 Å². The topological polar surface area (TPSA) is 0 Å². The largest absolute Gasteiger partial charge is 0.0622 e. The van der Waals surface area contributed by atoms with E-state index in [1.165, 1.54) is 16.7 Å². The molecule has 0 saturated heterocycles. The third kappa shape index (κ3) is 3.20. The summed E-state index contributed by atoms with van der Waals surface area (Å²) in [7, 11) is 0. The molecule has 0 nitrogen and oxygen atoms in total. The van der Waals surface area contributed by atoms with Gasteiger partial charge in [-0.15, -0.1) is 0 Å². The zero-order chi connectivity index (χ0) is 12.1. The van der Waals surface area contributed by atoms with Gasteiger partial charge in [0, 0.05) is 0 Å². The summed E-state index contributed by atoms with van der Waals surface area (Å²) < 4.78 is 0. The fourth-order valence-electron chi connectivity index (χ4n) is 2.16. The first-order valence-electron chi connectivity index (χ1n) is 6.31. The lowest BCUT2D eigenvalue weighted by molar-refractivity contribution is 0.827. The third-order valence-corrected chi connectivity index (χ3v) is 3.08. The second kappa shape index (κ2) is 5.67. The van der Waals surface area contributed by atoms with Gasteiger partial charge in [-0.1, -0.05) is 62.4 Å². The van der Waals surface area contributed by atoms with Gasteiger partial charge in [0.2, 0.25) is 0 Å².